The molecule has 2 radical (unpaired) electrons. The number of benzene rings is 2. The fraction of sp³-hybridized carbons (Fsp3) is 0.333. The Morgan fingerprint density at radius 1 is 1.03 bits per heavy atom. The number of ether oxygens (including phenoxy) is 1. The predicted molar refractivity (Wildman–Crippen MR) is 111 cm³/mol. The Morgan fingerprint density at radius 3 is 2.30 bits per heavy atom. The summed E-state index contributed by atoms with van der Waals surface area (Å²) >= 11 is 0. The average Bonchev–Trinajstić information content (AvgIpc) is 2.69. The third kappa shape index (κ3) is 6.61. The van der Waals surface area contributed by atoms with Crippen molar-refractivity contribution in [3.8, 4) is 5.75 Å². The van der Waals surface area contributed by atoms with Gasteiger partial charge in [0.25, 0.3) is 5.91 Å². The summed E-state index contributed by atoms with van der Waals surface area (Å²) < 4.78 is 5.51. The molecular weight excluding hydrogens is 387 g/mol. The van der Waals surface area contributed by atoms with E-state index in [0.717, 1.165) is 10.8 Å². The van der Waals surface area contributed by atoms with Gasteiger partial charge in [-0.2, -0.15) is 0 Å². The molecule has 2 atom stereocenters. The van der Waals surface area contributed by atoms with Gasteiger partial charge in [-0.1, -0.05) is 44.2 Å². The highest BCUT2D eigenvalue weighted by Crippen LogP contribution is 2.20. The van der Waals surface area contributed by atoms with Crippen LogP contribution in [-0.4, -0.2) is 55.1 Å². The van der Waals surface area contributed by atoms with Crippen molar-refractivity contribution in [2.45, 2.75) is 32.4 Å². The lowest BCUT2D eigenvalue weighted by Gasteiger charge is -2.24. The van der Waals surface area contributed by atoms with Crippen LogP contribution in [0.4, 0.5) is 0 Å². The van der Waals surface area contributed by atoms with Crippen molar-refractivity contribution in [1.29, 1.82) is 0 Å². The minimum Gasteiger partial charge on any atom is -0.484 e. The molecule has 2 amide bonds. The van der Waals surface area contributed by atoms with Crippen molar-refractivity contribution in [2.75, 3.05) is 6.61 Å². The molecule has 0 bridgehead atoms. The smallest absolute Gasteiger partial charge is 0.305 e. The Hall–Kier alpha value is -3.36. The second kappa shape index (κ2) is 10.4. The number of hydrogen-bond donors (Lipinski definition) is 3. The van der Waals surface area contributed by atoms with Gasteiger partial charge in [0.2, 0.25) is 5.91 Å². The lowest BCUT2D eigenvalue weighted by Crippen LogP contribution is -2.54. The van der Waals surface area contributed by atoms with Gasteiger partial charge in [0.05, 0.1) is 18.1 Å². The van der Waals surface area contributed by atoms with E-state index >= 15 is 0 Å². The Bertz CT molecular complexity index is 946. The van der Waals surface area contributed by atoms with Crippen LogP contribution in [0.25, 0.3) is 10.8 Å². The van der Waals surface area contributed by atoms with Gasteiger partial charge in [0.1, 0.15) is 11.8 Å². The molecule has 0 aromatic heterocycles. The molecule has 0 spiro atoms. The fourth-order valence-corrected chi connectivity index (χ4v) is 2.82. The maximum Gasteiger partial charge on any atom is 0.305 e. The number of nitrogens with one attached hydrogen (secondary N) is 2. The maximum atomic E-state index is 12.5. The lowest BCUT2D eigenvalue weighted by atomic mass is 9.92. The van der Waals surface area contributed by atoms with Crippen molar-refractivity contribution >= 4 is 42.1 Å². The number of carboxylic acids is 1. The van der Waals surface area contributed by atoms with E-state index in [2.05, 4.69) is 10.6 Å². The van der Waals surface area contributed by atoms with Crippen molar-refractivity contribution in [2.24, 2.45) is 5.92 Å². The summed E-state index contributed by atoms with van der Waals surface area (Å²) in [5, 5.41) is 15.7. The topological polar surface area (TPSA) is 122 Å². The molecule has 8 nitrogen and oxygen atoms in total. The number of fused-ring (bicyclic) bond motifs is 1. The zero-order chi connectivity index (χ0) is 22.3. The zero-order valence-electron chi connectivity index (χ0n) is 16.8. The first kappa shape index (κ1) is 22.9. The Balaban J connectivity index is 1.97. The quantitative estimate of drug-likeness (QED) is 0.503. The second-order valence-electron chi connectivity index (χ2n) is 7.15. The van der Waals surface area contributed by atoms with E-state index in [-0.39, 0.29) is 12.5 Å². The van der Waals surface area contributed by atoms with Gasteiger partial charge in [-0.3, -0.25) is 14.4 Å². The first-order chi connectivity index (χ1) is 14.2. The molecule has 0 fully saturated rings. The highest BCUT2D eigenvalue weighted by Gasteiger charge is 2.28. The van der Waals surface area contributed by atoms with E-state index in [4.69, 9.17) is 17.7 Å². The molecule has 3 N–H and O–H groups in total. The SMILES string of the molecule is [B]C(=O)[C@H](CC(=O)O)NC(=O)[C@@H](NC(=O)COc1ccc2ccccc2c1)C(C)C. The molecular formula is C21H23BN2O6. The van der Waals surface area contributed by atoms with Gasteiger partial charge in [0.15, 0.2) is 14.5 Å². The Kier molecular flexibility index (Phi) is 7.97. The molecule has 156 valence electrons. The van der Waals surface area contributed by atoms with Crippen LogP contribution in [0.3, 0.4) is 0 Å². The number of carbonyl (C=O) groups excluding carboxylic acids is 3. The summed E-state index contributed by atoms with van der Waals surface area (Å²) in [7, 11) is 5.14. The average molecular weight is 410 g/mol. The van der Waals surface area contributed by atoms with E-state index in [9.17, 15) is 19.2 Å². The van der Waals surface area contributed by atoms with Crippen LogP contribution >= 0.6 is 0 Å². The standard InChI is InChI=1S/C21H23BN2O6/c1-12(2)19(21(29)23-16(20(22)28)10-18(26)27)24-17(25)11-30-15-8-7-13-5-3-4-6-14(13)9-15/h3-9,12,16,19H,10-11H2,1-2H3,(H,23,29)(H,24,25)(H,26,27)/t16-,19-/m0/s1. The molecule has 30 heavy (non-hydrogen) atoms. The summed E-state index contributed by atoms with van der Waals surface area (Å²) in [6.45, 7) is 3.08. The maximum absolute atomic E-state index is 12.5. The van der Waals surface area contributed by atoms with Crippen molar-refractivity contribution in [1.82, 2.24) is 10.6 Å². The molecule has 0 aliphatic rings. The molecule has 2 aromatic rings. The molecule has 0 saturated carbocycles. The second-order valence-corrected chi connectivity index (χ2v) is 7.15. The normalized spacial score (nSPS) is 12.8. The molecule has 0 aliphatic heterocycles. The molecule has 0 saturated heterocycles. The first-order valence-electron chi connectivity index (χ1n) is 9.40. The fourth-order valence-electron chi connectivity index (χ4n) is 2.82. The van der Waals surface area contributed by atoms with Crippen LogP contribution in [0.1, 0.15) is 20.3 Å². The van der Waals surface area contributed by atoms with Crippen LogP contribution in [0.5, 0.6) is 5.75 Å². The van der Waals surface area contributed by atoms with Crippen molar-refractivity contribution in [3.63, 3.8) is 0 Å². The van der Waals surface area contributed by atoms with Gasteiger partial charge in [-0.25, -0.2) is 0 Å². The first-order valence-corrected chi connectivity index (χ1v) is 9.40. The van der Waals surface area contributed by atoms with Gasteiger partial charge >= 0.3 is 5.97 Å². The minimum absolute atomic E-state index is 0.316. The van der Waals surface area contributed by atoms with Crippen LogP contribution in [0, 0.1) is 5.92 Å². The van der Waals surface area contributed by atoms with E-state index in [1.54, 1.807) is 26.0 Å². The van der Waals surface area contributed by atoms with E-state index in [1.165, 1.54) is 0 Å². The molecule has 0 unspecified atom stereocenters. The predicted octanol–water partition coefficient (Wildman–Crippen LogP) is 1.01. The number of amides is 2. The van der Waals surface area contributed by atoms with E-state index in [0.29, 0.717) is 5.75 Å². The molecule has 0 aliphatic carbocycles. The summed E-state index contributed by atoms with van der Waals surface area (Å²) in [5.74, 6) is -2.34. The van der Waals surface area contributed by atoms with Crippen LogP contribution in [0.2, 0.25) is 0 Å². The number of rotatable bonds is 10. The summed E-state index contributed by atoms with van der Waals surface area (Å²) in [6, 6.07) is 10.8. The van der Waals surface area contributed by atoms with Crippen LogP contribution < -0.4 is 15.4 Å². The van der Waals surface area contributed by atoms with E-state index < -0.39 is 42.0 Å². The number of carboxylic acid groups (broad SMARTS) is 1. The van der Waals surface area contributed by atoms with Gasteiger partial charge < -0.3 is 25.3 Å². The monoisotopic (exact) mass is 410 g/mol. The highest BCUT2D eigenvalue weighted by molar-refractivity contribution is 6.59. The van der Waals surface area contributed by atoms with Gasteiger partial charge in [-0.05, 0) is 28.8 Å². The van der Waals surface area contributed by atoms with E-state index in [1.807, 2.05) is 30.3 Å². The highest BCUT2D eigenvalue weighted by atomic mass is 16.5. The number of hydrogen-bond acceptors (Lipinski definition) is 5. The summed E-state index contributed by atoms with van der Waals surface area (Å²) in [6.07, 6.45) is -0.648. The molecule has 0 heterocycles. The van der Waals surface area contributed by atoms with Crippen molar-refractivity contribution in [3.05, 3.63) is 42.5 Å². The third-order valence-corrected chi connectivity index (χ3v) is 4.40. The number of aliphatic carboxylic acids is 1. The largest absolute Gasteiger partial charge is 0.484 e. The number of carbonyl (C=O) groups is 4. The van der Waals surface area contributed by atoms with Crippen molar-refractivity contribution < 1.29 is 29.0 Å². The third-order valence-electron chi connectivity index (χ3n) is 4.40. The van der Waals surface area contributed by atoms with Crippen LogP contribution in [-0.2, 0) is 19.2 Å². The zero-order valence-corrected chi connectivity index (χ0v) is 16.8. The van der Waals surface area contributed by atoms with Gasteiger partial charge in [-0.15, -0.1) is 0 Å². The lowest BCUT2D eigenvalue weighted by molar-refractivity contribution is -0.139. The van der Waals surface area contributed by atoms with Gasteiger partial charge in [0, 0.05) is 0 Å². The Labute approximate surface area is 175 Å². The summed E-state index contributed by atoms with van der Waals surface area (Å²) in [4.78, 5) is 47.0. The van der Waals surface area contributed by atoms with Crippen LogP contribution in [0.15, 0.2) is 42.5 Å². The molecule has 2 aromatic carbocycles. The molecule has 2 rings (SSSR count). The Morgan fingerprint density at radius 2 is 1.70 bits per heavy atom. The molecule has 9 heteroatoms. The minimum atomic E-state index is -1.37. The summed E-state index contributed by atoms with van der Waals surface area (Å²) in [5.41, 5.74) is -0.973.